The average Bonchev–Trinajstić information content (AvgIpc) is 2.70. The summed E-state index contributed by atoms with van der Waals surface area (Å²) >= 11 is 0.788. The highest BCUT2D eigenvalue weighted by Gasteiger charge is 2.37. The molecule has 180 valence electrons. The fraction of sp³-hybridized carbons (Fsp3) is 0.250. The SMILES string of the molecule is C=S(=O)(Cc1cc(C(F)(F)F)cc(C(F)(F)F)c1)O/N=C(\Sc1ccc(C)cc1)C(=O)OC. The van der Waals surface area contributed by atoms with E-state index < -0.39 is 55.6 Å². The maximum atomic E-state index is 13.0. The number of methoxy groups -OCH3 is 1. The van der Waals surface area contributed by atoms with Crippen LogP contribution in [0.2, 0.25) is 0 Å². The Morgan fingerprint density at radius 2 is 1.55 bits per heavy atom. The molecule has 2 rings (SSSR count). The molecule has 2 aromatic carbocycles. The second-order valence-corrected chi connectivity index (χ2v) is 9.67. The number of hydrogen-bond acceptors (Lipinski definition) is 6. The molecule has 1 unspecified atom stereocenters. The van der Waals surface area contributed by atoms with Crippen LogP contribution in [-0.2, 0) is 41.7 Å². The number of rotatable bonds is 5. The molecule has 33 heavy (non-hydrogen) atoms. The number of thioether (sulfide) groups is 1. The van der Waals surface area contributed by atoms with Gasteiger partial charge < -0.3 is 9.02 Å². The lowest BCUT2D eigenvalue weighted by Crippen LogP contribution is -2.16. The number of esters is 1. The third-order valence-corrected chi connectivity index (χ3v) is 5.95. The summed E-state index contributed by atoms with van der Waals surface area (Å²) in [6, 6.07) is 7.57. The standard InChI is InChI=1S/C20H17F6NO4S2/c1-12-4-6-16(7-5-12)32-17(18(28)30-2)27-31-33(3,29)11-13-8-14(19(21,22)23)10-15(9-13)20(24,25)26/h4-10H,3,11H2,1-2H3/b27-17-. The number of carbonyl (C=O) groups is 1. The van der Waals surface area contributed by atoms with Crippen LogP contribution in [0.4, 0.5) is 26.3 Å². The summed E-state index contributed by atoms with van der Waals surface area (Å²) in [5.74, 6) is 1.31. The van der Waals surface area contributed by atoms with E-state index in [4.69, 9.17) is 4.28 Å². The van der Waals surface area contributed by atoms with Crippen LogP contribution >= 0.6 is 11.8 Å². The molecule has 0 aliphatic rings. The molecule has 0 heterocycles. The number of ether oxygens (including phenoxy) is 1. The molecule has 1 atom stereocenters. The van der Waals surface area contributed by atoms with E-state index >= 15 is 0 Å². The molecule has 0 spiro atoms. The first kappa shape index (κ1) is 26.6. The van der Waals surface area contributed by atoms with Gasteiger partial charge in [0.25, 0.3) is 0 Å². The first-order valence-electron chi connectivity index (χ1n) is 8.83. The molecule has 13 heteroatoms. The van der Waals surface area contributed by atoms with E-state index in [0.717, 1.165) is 24.4 Å². The molecular formula is C20H17F6NO4S2. The zero-order chi connectivity index (χ0) is 25.0. The van der Waals surface area contributed by atoms with Crippen LogP contribution in [-0.4, -0.2) is 28.2 Å². The lowest BCUT2D eigenvalue weighted by atomic mass is 10.1. The van der Waals surface area contributed by atoms with Crippen molar-refractivity contribution in [2.75, 3.05) is 7.11 Å². The van der Waals surface area contributed by atoms with Gasteiger partial charge in [-0.3, -0.25) is 0 Å². The number of alkyl halides is 6. The summed E-state index contributed by atoms with van der Waals surface area (Å²) in [6.07, 6.45) is -10.1. The van der Waals surface area contributed by atoms with Crippen molar-refractivity contribution >= 4 is 38.4 Å². The first-order chi connectivity index (χ1) is 15.1. The predicted molar refractivity (Wildman–Crippen MR) is 113 cm³/mol. The van der Waals surface area contributed by atoms with E-state index in [0.29, 0.717) is 17.0 Å². The molecule has 0 bridgehead atoms. The molecule has 5 nitrogen and oxygen atoms in total. The summed E-state index contributed by atoms with van der Waals surface area (Å²) in [7, 11) is -2.79. The Morgan fingerprint density at radius 1 is 1.03 bits per heavy atom. The number of benzene rings is 2. The third-order valence-electron chi connectivity index (χ3n) is 3.89. The van der Waals surface area contributed by atoms with Crippen LogP contribution < -0.4 is 0 Å². The molecule has 0 fully saturated rings. The number of aryl methyl sites for hydroxylation is 1. The van der Waals surface area contributed by atoms with E-state index in [1.807, 2.05) is 6.92 Å². The second kappa shape index (κ2) is 10.1. The maximum absolute atomic E-state index is 13.0. The number of halogens is 6. The highest BCUT2D eigenvalue weighted by molar-refractivity contribution is 8.15. The monoisotopic (exact) mass is 513 g/mol. The van der Waals surface area contributed by atoms with E-state index in [2.05, 4.69) is 15.8 Å². The number of nitrogens with zero attached hydrogens (tertiary/aromatic N) is 1. The molecule has 0 aliphatic heterocycles. The van der Waals surface area contributed by atoms with E-state index in [1.165, 1.54) is 0 Å². The molecule has 0 saturated heterocycles. The highest BCUT2D eigenvalue weighted by Crippen LogP contribution is 2.36. The fourth-order valence-corrected chi connectivity index (χ4v) is 4.11. The Morgan fingerprint density at radius 3 is 2.00 bits per heavy atom. The largest absolute Gasteiger partial charge is 0.464 e. The number of carbonyl (C=O) groups excluding carboxylic acids is 1. The molecular weight excluding hydrogens is 496 g/mol. The molecule has 0 radical (unpaired) electrons. The Hall–Kier alpha value is -2.67. The van der Waals surface area contributed by atoms with Gasteiger partial charge in [0.05, 0.1) is 24.0 Å². The quantitative estimate of drug-likeness (QED) is 0.101. The molecule has 0 aromatic heterocycles. The summed E-state index contributed by atoms with van der Waals surface area (Å²) in [5, 5.41) is 3.04. The Balaban J connectivity index is 2.32. The molecule has 0 amide bonds. The predicted octanol–water partition coefficient (Wildman–Crippen LogP) is 5.46. The maximum Gasteiger partial charge on any atom is 0.416 e. The Bertz CT molecular complexity index is 1110. The van der Waals surface area contributed by atoms with Gasteiger partial charge in [-0.25, -0.2) is 9.00 Å². The molecule has 2 aromatic rings. The van der Waals surface area contributed by atoms with Crippen LogP contribution in [0.15, 0.2) is 52.5 Å². The van der Waals surface area contributed by atoms with Gasteiger partial charge in [0.2, 0.25) is 5.04 Å². The van der Waals surface area contributed by atoms with Crippen LogP contribution in [0.5, 0.6) is 0 Å². The zero-order valence-corrected chi connectivity index (χ0v) is 18.8. The normalized spacial score (nSPS) is 14.5. The van der Waals surface area contributed by atoms with E-state index in [9.17, 15) is 35.3 Å². The van der Waals surface area contributed by atoms with E-state index in [-0.39, 0.29) is 6.07 Å². The second-order valence-electron chi connectivity index (χ2n) is 6.68. The van der Waals surface area contributed by atoms with Crippen molar-refractivity contribution in [3.05, 3.63) is 64.7 Å². The van der Waals surface area contributed by atoms with Crippen molar-refractivity contribution < 1.29 is 44.4 Å². The van der Waals surface area contributed by atoms with Gasteiger partial charge in [0, 0.05) is 4.90 Å². The minimum absolute atomic E-state index is 0.0546. The van der Waals surface area contributed by atoms with Gasteiger partial charge in [-0.2, -0.15) is 26.3 Å². The minimum Gasteiger partial charge on any atom is -0.464 e. The summed E-state index contributed by atoms with van der Waals surface area (Å²) in [5.41, 5.74) is -2.79. The van der Waals surface area contributed by atoms with Gasteiger partial charge in [-0.05, 0) is 48.7 Å². The number of hydrogen-bond donors (Lipinski definition) is 0. The highest BCUT2D eigenvalue weighted by atomic mass is 32.2. The average molecular weight is 513 g/mol. The van der Waals surface area contributed by atoms with Crippen molar-refractivity contribution in [2.45, 2.75) is 29.9 Å². The van der Waals surface area contributed by atoms with Gasteiger partial charge in [0.1, 0.15) is 9.80 Å². The summed E-state index contributed by atoms with van der Waals surface area (Å²) in [6.45, 7) is 1.84. The van der Waals surface area contributed by atoms with Crippen molar-refractivity contribution in [1.29, 1.82) is 0 Å². The lowest BCUT2D eigenvalue weighted by molar-refractivity contribution is -0.143. The number of oxime groups is 1. The fourth-order valence-electron chi connectivity index (χ4n) is 2.39. The van der Waals surface area contributed by atoms with E-state index in [1.54, 1.807) is 24.3 Å². The minimum atomic E-state index is -5.07. The van der Waals surface area contributed by atoms with Crippen molar-refractivity contribution in [2.24, 2.45) is 5.16 Å². The van der Waals surface area contributed by atoms with Gasteiger partial charge in [0.15, 0.2) is 0 Å². The molecule has 0 N–H and O–H groups in total. The van der Waals surface area contributed by atoms with Gasteiger partial charge in [-0.1, -0.05) is 34.6 Å². The third kappa shape index (κ3) is 8.00. The summed E-state index contributed by atoms with van der Waals surface area (Å²) in [4.78, 5) is 12.5. The lowest BCUT2D eigenvalue weighted by Gasteiger charge is -2.15. The van der Waals surface area contributed by atoms with Crippen molar-refractivity contribution in [3.8, 4) is 0 Å². The smallest absolute Gasteiger partial charge is 0.416 e. The van der Waals surface area contributed by atoms with Gasteiger partial charge in [-0.15, -0.1) is 0 Å². The molecule has 0 saturated carbocycles. The van der Waals surface area contributed by atoms with Gasteiger partial charge >= 0.3 is 18.3 Å². The van der Waals surface area contributed by atoms with Crippen molar-refractivity contribution in [3.63, 3.8) is 0 Å². The Labute approximate surface area is 190 Å². The Kier molecular flexibility index (Phi) is 8.12. The topological polar surface area (TPSA) is 65.0 Å². The van der Waals surface area contributed by atoms with Crippen LogP contribution in [0, 0.1) is 6.92 Å². The van der Waals surface area contributed by atoms with Crippen LogP contribution in [0.25, 0.3) is 0 Å². The van der Waals surface area contributed by atoms with Crippen molar-refractivity contribution in [1.82, 2.24) is 0 Å². The molecule has 0 aliphatic carbocycles. The zero-order valence-electron chi connectivity index (χ0n) is 17.1. The first-order valence-corrected chi connectivity index (χ1v) is 11.5. The van der Waals surface area contributed by atoms with Crippen LogP contribution in [0.1, 0.15) is 22.3 Å². The summed E-state index contributed by atoms with van der Waals surface area (Å²) < 4.78 is 100. The van der Waals surface area contributed by atoms with Crippen LogP contribution in [0.3, 0.4) is 0 Å².